The fourth-order valence-electron chi connectivity index (χ4n) is 0.772. The summed E-state index contributed by atoms with van der Waals surface area (Å²) >= 11 is 8.53. The van der Waals surface area contributed by atoms with Crippen molar-refractivity contribution in [2.24, 2.45) is 0 Å². The van der Waals surface area contributed by atoms with E-state index >= 15 is 0 Å². The third-order valence-corrected chi connectivity index (χ3v) is 1.41. The molecule has 0 radical (unpaired) electrons. The van der Waals surface area contributed by atoms with Crippen molar-refractivity contribution >= 4 is 35.1 Å². The summed E-state index contributed by atoms with van der Waals surface area (Å²) in [5.41, 5.74) is 7.49. The molecule has 1 aromatic carbocycles. The van der Waals surface area contributed by atoms with Crippen LogP contribution in [0.2, 0.25) is 0 Å². The lowest BCUT2D eigenvalue weighted by Crippen LogP contribution is -2.08. The van der Waals surface area contributed by atoms with Gasteiger partial charge in [-0.1, -0.05) is 0 Å². The van der Waals surface area contributed by atoms with Gasteiger partial charge in [-0.15, -0.1) is 0 Å². The zero-order valence-corrected chi connectivity index (χ0v) is 9.01. The van der Waals surface area contributed by atoms with Crippen LogP contribution in [0.25, 0.3) is 0 Å². The molecule has 1 aromatic rings. The highest BCUT2D eigenvalue weighted by Gasteiger charge is 1.91. The van der Waals surface area contributed by atoms with Gasteiger partial charge in [0.15, 0.2) is 0 Å². The van der Waals surface area contributed by atoms with Crippen LogP contribution in [0, 0.1) is 0 Å². The smallest absolute Gasteiger partial charge is 0.0832 e. The quantitative estimate of drug-likeness (QED) is 0.743. The van der Waals surface area contributed by atoms with Crippen LogP contribution in [0.3, 0.4) is 0 Å². The summed E-state index contributed by atoms with van der Waals surface area (Å²) in [4.78, 5) is 2.04. The number of nitrogen functional groups attached to an aromatic ring is 1. The van der Waals surface area contributed by atoms with Crippen LogP contribution in [0.5, 0.6) is 0 Å². The lowest BCUT2D eigenvalue weighted by Gasteiger charge is -2.11. The van der Waals surface area contributed by atoms with Gasteiger partial charge in [0.2, 0.25) is 0 Å². The minimum absolute atomic E-state index is 0.811. The second-order valence-electron chi connectivity index (χ2n) is 2.54. The third kappa shape index (κ3) is 5.58. The molecule has 0 spiro atoms. The largest absolute Gasteiger partial charge is 0.399 e. The van der Waals surface area contributed by atoms with Gasteiger partial charge in [-0.05, 0) is 24.3 Å². The first kappa shape index (κ1) is 12.4. The molecule has 2 N–H and O–H groups in total. The SMILES string of the molecule is CN(C)c1ccc(N)cc1.ClOCl. The lowest BCUT2D eigenvalue weighted by atomic mass is 10.3. The van der Waals surface area contributed by atoms with E-state index in [1.54, 1.807) is 0 Å². The lowest BCUT2D eigenvalue weighted by molar-refractivity contribution is 0.697. The van der Waals surface area contributed by atoms with Crippen molar-refractivity contribution in [1.29, 1.82) is 0 Å². The number of rotatable bonds is 1. The van der Waals surface area contributed by atoms with E-state index < -0.39 is 0 Å². The molecule has 13 heavy (non-hydrogen) atoms. The first-order valence-electron chi connectivity index (χ1n) is 3.54. The number of anilines is 2. The summed E-state index contributed by atoms with van der Waals surface area (Å²) in [7, 11) is 4.01. The summed E-state index contributed by atoms with van der Waals surface area (Å²) in [6.45, 7) is 0. The number of benzene rings is 1. The van der Waals surface area contributed by atoms with E-state index in [4.69, 9.17) is 5.73 Å². The molecule has 3 nitrogen and oxygen atoms in total. The maximum absolute atomic E-state index is 5.51. The summed E-state index contributed by atoms with van der Waals surface area (Å²) in [5.74, 6) is 0. The Kier molecular flexibility index (Phi) is 6.49. The van der Waals surface area contributed by atoms with E-state index in [1.807, 2.05) is 43.3 Å². The average Bonchev–Trinajstić information content (AvgIpc) is 2.06. The van der Waals surface area contributed by atoms with Crippen molar-refractivity contribution in [1.82, 2.24) is 0 Å². The molecule has 0 saturated carbocycles. The summed E-state index contributed by atoms with van der Waals surface area (Å²) in [5, 5.41) is 0. The predicted molar refractivity (Wildman–Crippen MR) is 58.0 cm³/mol. The Hall–Kier alpha value is -0.640. The van der Waals surface area contributed by atoms with Crippen LogP contribution in [0.4, 0.5) is 11.4 Å². The van der Waals surface area contributed by atoms with Gasteiger partial charge in [0, 0.05) is 25.5 Å². The minimum atomic E-state index is 0.811. The Morgan fingerprint density at radius 3 is 1.85 bits per heavy atom. The molecule has 0 bridgehead atoms. The molecule has 0 atom stereocenters. The van der Waals surface area contributed by atoms with Crippen molar-refractivity contribution < 1.29 is 3.84 Å². The third-order valence-electron chi connectivity index (χ3n) is 1.41. The van der Waals surface area contributed by atoms with Crippen LogP contribution in [-0.2, 0) is 3.84 Å². The van der Waals surface area contributed by atoms with Gasteiger partial charge in [-0.3, -0.25) is 0 Å². The first-order valence-corrected chi connectivity index (χ1v) is 4.15. The highest BCUT2D eigenvalue weighted by molar-refractivity contribution is 6.24. The maximum Gasteiger partial charge on any atom is 0.0832 e. The topological polar surface area (TPSA) is 38.5 Å². The van der Waals surface area contributed by atoms with E-state index in [2.05, 4.69) is 27.6 Å². The molecule has 5 heteroatoms. The van der Waals surface area contributed by atoms with Gasteiger partial charge < -0.3 is 10.6 Å². The van der Waals surface area contributed by atoms with Crippen molar-refractivity contribution in [2.45, 2.75) is 0 Å². The fourth-order valence-corrected chi connectivity index (χ4v) is 0.772. The van der Waals surface area contributed by atoms with E-state index in [0.717, 1.165) is 5.69 Å². The van der Waals surface area contributed by atoms with Crippen molar-refractivity contribution in [3.63, 3.8) is 0 Å². The zero-order valence-electron chi connectivity index (χ0n) is 7.50. The molecular formula is C8H12Cl2N2O. The number of hydrogen-bond acceptors (Lipinski definition) is 3. The normalized spacial score (nSPS) is 8.62. The van der Waals surface area contributed by atoms with Gasteiger partial charge >= 0.3 is 0 Å². The number of hydrogen-bond donors (Lipinski definition) is 1. The summed E-state index contributed by atoms with van der Waals surface area (Å²) in [6.07, 6.45) is 0. The maximum atomic E-state index is 5.51. The Morgan fingerprint density at radius 2 is 1.54 bits per heavy atom. The Morgan fingerprint density at radius 1 is 1.15 bits per heavy atom. The van der Waals surface area contributed by atoms with Gasteiger partial charge in [-0.25, -0.2) is 0 Å². The molecule has 0 amide bonds. The molecule has 1 rings (SSSR count). The van der Waals surface area contributed by atoms with Crippen LogP contribution in [0.15, 0.2) is 24.3 Å². The minimum Gasteiger partial charge on any atom is -0.399 e. The van der Waals surface area contributed by atoms with E-state index in [9.17, 15) is 0 Å². The van der Waals surface area contributed by atoms with Crippen LogP contribution < -0.4 is 10.6 Å². The molecule has 0 aliphatic carbocycles. The van der Waals surface area contributed by atoms with E-state index in [0.29, 0.717) is 0 Å². The predicted octanol–water partition coefficient (Wildman–Crippen LogP) is 2.65. The summed E-state index contributed by atoms with van der Waals surface area (Å²) < 4.78 is 3.19. The van der Waals surface area contributed by atoms with Crippen LogP contribution >= 0.6 is 23.7 Å². The molecule has 0 aliphatic rings. The van der Waals surface area contributed by atoms with Crippen LogP contribution in [-0.4, -0.2) is 14.1 Å². The van der Waals surface area contributed by atoms with Crippen molar-refractivity contribution in [2.75, 3.05) is 24.7 Å². The van der Waals surface area contributed by atoms with Crippen molar-refractivity contribution in [3.8, 4) is 0 Å². The molecule has 0 heterocycles. The second-order valence-corrected chi connectivity index (χ2v) is 3.01. The summed E-state index contributed by atoms with van der Waals surface area (Å²) in [6, 6.07) is 7.79. The van der Waals surface area contributed by atoms with Crippen LogP contribution in [0.1, 0.15) is 0 Å². The number of nitrogens with two attached hydrogens (primary N) is 1. The van der Waals surface area contributed by atoms with E-state index in [1.165, 1.54) is 5.69 Å². The van der Waals surface area contributed by atoms with Gasteiger partial charge in [0.05, 0.1) is 23.7 Å². The van der Waals surface area contributed by atoms with E-state index in [-0.39, 0.29) is 0 Å². The Labute approximate surface area is 88.3 Å². The monoisotopic (exact) mass is 222 g/mol. The Balaban J connectivity index is 0.000000424. The molecule has 0 saturated heterocycles. The molecule has 0 aliphatic heterocycles. The zero-order chi connectivity index (χ0) is 10.3. The second kappa shape index (κ2) is 6.83. The van der Waals surface area contributed by atoms with Gasteiger partial charge in [0.1, 0.15) is 0 Å². The number of nitrogens with zero attached hydrogens (tertiary/aromatic N) is 1. The standard InChI is InChI=1S/C8H12N2.Cl2O/c1-10(2)8-5-3-7(9)4-6-8;1-3-2/h3-6H,9H2,1-2H3;. The molecule has 0 fully saturated rings. The molecule has 74 valence electrons. The highest BCUT2D eigenvalue weighted by Crippen LogP contribution is 2.12. The average molecular weight is 223 g/mol. The fraction of sp³-hybridized carbons (Fsp3) is 0.250. The molecule has 0 unspecified atom stereocenters. The molecular weight excluding hydrogens is 211 g/mol. The van der Waals surface area contributed by atoms with Gasteiger partial charge in [-0.2, -0.15) is 3.84 Å². The Bertz CT molecular complexity index is 226. The number of halogens is 2. The van der Waals surface area contributed by atoms with Gasteiger partial charge in [0.25, 0.3) is 0 Å². The first-order chi connectivity index (χ1) is 6.11. The van der Waals surface area contributed by atoms with Crippen molar-refractivity contribution in [3.05, 3.63) is 24.3 Å². The highest BCUT2D eigenvalue weighted by atomic mass is 35.6. The molecule has 0 aromatic heterocycles.